The number of aromatic nitrogens is 1. The number of hydrogen-bond acceptors (Lipinski definition) is 2. The van der Waals surface area contributed by atoms with Crippen LogP contribution in [0, 0.1) is 5.82 Å². The number of nitrogens with one attached hydrogen (secondary N) is 1. The van der Waals surface area contributed by atoms with E-state index in [2.05, 4.69) is 17.2 Å². The molecule has 1 heterocycles. The molecule has 2 aromatic rings. The van der Waals surface area contributed by atoms with Gasteiger partial charge in [0.1, 0.15) is 5.82 Å². The maximum absolute atomic E-state index is 13.2. The second-order valence-corrected chi connectivity index (χ2v) is 5.08. The van der Waals surface area contributed by atoms with Gasteiger partial charge in [0.2, 0.25) is 0 Å². The third kappa shape index (κ3) is 2.51. The first-order valence-electron chi connectivity index (χ1n) is 6.69. The Morgan fingerprint density at radius 1 is 1.32 bits per heavy atom. The van der Waals surface area contributed by atoms with Crippen molar-refractivity contribution in [2.24, 2.45) is 0 Å². The van der Waals surface area contributed by atoms with Crippen LogP contribution in [0.3, 0.4) is 0 Å². The van der Waals surface area contributed by atoms with Gasteiger partial charge in [-0.2, -0.15) is 0 Å². The minimum absolute atomic E-state index is 0.142. The minimum Gasteiger partial charge on any atom is -0.302 e. The van der Waals surface area contributed by atoms with E-state index in [0.29, 0.717) is 6.04 Å². The summed E-state index contributed by atoms with van der Waals surface area (Å²) >= 11 is 0. The Morgan fingerprint density at radius 3 is 3.00 bits per heavy atom. The van der Waals surface area contributed by atoms with E-state index >= 15 is 0 Å². The quantitative estimate of drug-likeness (QED) is 0.908. The van der Waals surface area contributed by atoms with Gasteiger partial charge in [0.05, 0.1) is 5.69 Å². The summed E-state index contributed by atoms with van der Waals surface area (Å²) in [5.41, 5.74) is 3.40. The molecule has 98 valence electrons. The molecule has 1 aliphatic rings. The van der Waals surface area contributed by atoms with Gasteiger partial charge in [0, 0.05) is 18.3 Å². The molecule has 3 heteroatoms. The van der Waals surface area contributed by atoms with Crippen molar-refractivity contribution in [3.8, 4) is 0 Å². The van der Waals surface area contributed by atoms with Gasteiger partial charge in [0.25, 0.3) is 0 Å². The van der Waals surface area contributed by atoms with Crippen molar-refractivity contribution in [2.75, 3.05) is 0 Å². The Bertz CT molecular complexity index is 568. The van der Waals surface area contributed by atoms with Crippen LogP contribution in [0.1, 0.15) is 42.2 Å². The lowest BCUT2D eigenvalue weighted by Gasteiger charge is -2.20. The van der Waals surface area contributed by atoms with E-state index in [1.54, 1.807) is 12.1 Å². The smallest absolute Gasteiger partial charge is 0.123 e. The average molecular weight is 256 g/mol. The molecule has 0 aliphatic heterocycles. The largest absolute Gasteiger partial charge is 0.302 e. The fourth-order valence-corrected chi connectivity index (χ4v) is 2.78. The molecule has 1 unspecified atom stereocenters. The van der Waals surface area contributed by atoms with Crippen LogP contribution < -0.4 is 5.32 Å². The fourth-order valence-electron chi connectivity index (χ4n) is 2.78. The number of pyridine rings is 1. The molecule has 1 N–H and O–H groups in total. The standard InChI is InChI=1S/C16H17FN2/c1-11(15-4-2-3-9-18-15)19-16-8-5-12-10-13(17)6-7-14(12)16/h2-4,6-7,9-11,16,19H,5,8H2,1H3/t11-,16?/m1/s1. The van der Waals surface area contributed by atoms with Crippen LogP contribution >= 0.6 is 0 Å². The van der Waals surface area contributed by atoms with Crippen LogP contribution in [0.25, 0.3) is 0 Å². The second-order valence-electron chi connectivity index (χ2n) is 5.08. The highest BCUT2D eigenvalue weighted by atomic mass is 19.1. The summed E-state index contributed by atoms with van der Waals surface area (Å²) in [5, 5.41) is 3.59. The van der Waals surface area contributed by atoms with E-state index in [9.17, 15) is 4.39 Å². The summed E-state index contributed by atoms with van der Waals surface area (Å²) in [4.78, 5) is 4.37. The predicted octanol–water partition coefficient (Wildman–Crippen LogP) is 3.56. The Balaban J connectivity index is 1.76. The van der Waals surface area contributed by atoms with Crippen LogP contribution in [0.15, 0.2) is 42.6 Å². The molecule has 0 bridgehead atoms. The highest BCUT2D eigenvalue weighted by Crippen LogP contribution is 2.33. The number of aryl methyl sites for hydroxylation is 1. The number of rotatable bonds is 3. The lowest BCUT2D eigenvalue weighted by molar-refractivity contribution is 0.458. The van der Waals surface area contributed by atoms with Crippen molar-refractivity contribution in [3.63, 3.8) is 0 Å². The van der Waals surface area contributed by atoms with E-state index in [4.69, 9.17) is 0 Å². The Morgan fingerprint density at radius 2 is 2.21 bits per heavy atom. The summed E-state index contributed by atoms with van der Waals surface area (Å²) in [5.74, 6) is -0.142. The van der Waals surface area contributed by atoms with Gasteiger partial charge in [-0.25, -0.2) is 4.39 Å². The molecule has 0 amide bonds. The Labute approximate surface area is 112 Å². The Kier molecular flexibility index (Phi) is 3.30. The minimum atomic E-state index is -0.142. The molecule has 3 rings (SSSR count). The number of nitrogens with zero attached hydrogens (tertiary/aromatic N) is 1. The zero-order valence-corrected chi connectivity index (χ0v) is 10.9. The normalized spacial score (nSPS) is 19.2. The highest BCUT2D eigenvalue weighted by molar-refractivity contribution is 5.35. The number of hydrogen-bond donors (Lipinski definition) is 1. The first-order chi connectivity index (χ1) is 9.24. The van der Waals surface area contributed by atoms with E-state index in [0.717, 1.165) is 24.1 Å². The highest BCUT2D eigenvalue weighted by Gasteiger charge is 2.24. The molecule has 19 heavy (non-hydrogen) atoms. The molecule has 0 saturated carbocycles. The molecular formula is C16H17FN2. The molecule has 0 fully saturated rings. The van der Waals surface area contributed by atoms with E-state index in [1.165, 1.54) is 5.56 Å². The van der Waals surface area contributed by atoms with Crippen molar-refractivity contribution in [3.05, 3.63) is 65.2 Å². The van der Waals surface area contributed by atoms with Gasteiger partial charge in [-0.05, 0) is 55.2 Å². The zero-order valence-electron chi connectivity index (χ0n) is 10.9. The zero-order chi connectivity index (χ0) is 13.2. The number of halogens is 1. The molecule has 0 spiro atoms. The van der Waals surface area contributed by atoms with Gasteiger partial charge < -0.3 is 5.32 Å². The van der Waals surface area contributed by atoms with Crippen LogP contribution in [0.5, 0.6) is 0 Å². The number of benzene rings is 1. The third-order valence-electron chi connectivity index (χ3n) is 3.77. The lowest BCUT2D eigenvalue weighted by Crippen LogP contribution is -2.23. The summed E-state index contributed by atoms with van der Waals surface area (Å²) < 4.78 is 13.2. The average Bonchev–Trinajstić information content (AvgIpc) is 2.82. The van der Waals surface area contributed by atoms with Crippen LogP contribution in [0.2, 0.25) is 0 Å². The Hall–Kier alpha value is -1.74. The van der Waals surface area contributed by atoms with Crippen LogP contribution in [-0.4, -0.2) is 4.98 Å². The maximum atomic E-state index is 13.2. The van der Waals surface area contributed by atoms with Crippen molar-refractivity contribution >= 4 is 0 Å². The molecule has 1 aliphatic carbocycles. The van der Waals surface area contributed by atoms with Crippen molar-refractivity contribution in [1.29, 1.82) is 0 Å². The molecule has 0 saturated heterocycles. The number of fused-ring (bicyclic) bond motifs is 1. The summed E-state index contributed by atoms with van der Waals surface area (Å²) in [6.45, 7) is 2.11. The van der Waals surface area contributed by atoms with Gasteiger partial charge in [-0.1, -0.05) is 12.1 Å². The van der Waals surface area contributed by atoms with Gasteiger partial charge in [-0.15, -0.1) is 0 Å². The monoisotopic (exact) mass is 256 g/mol. The molecule has 1 aromatic heterocycles. The molecule has 0 radical (unpaired) electrons. The van der Waals surface area contributed by atoms with E-state index < -0.39 is 0 Å². The molecular weight excluding hydrogens is 239 g/mol. The summed E-state index contributed by atoms with van der Waals surface area (Å²) in [6.07, 6.45) is 3.78. The van der Waals surface area contributed by atoms with Crippen molar-refractivity contribution in [2.45, 2.75) is 31.8 Å². The van der Waals surface area contributed by atoms with Crippen LogP contribution in [-0.2, 0) is 6.42 Å². The molecule has 2 nitrogen and oxygen atoms in total. The predicted molar refractivity (Wildman–Crippen MR) is 73.2 cm³/mol. The summed E-state index contributed by atoms with van der Waals surface area (Å²) in [7, 11) is 0. The van der Waals surface area contributed by atoms with E-state index in [1.807, 2.05) is 30.5 Å². The van der Waals surface area contributed by atoms with Gasteiger partial charge >= 0.3 is 0 Å². The first kappa shape index (κ1) is 12.3. The summed E-state index contributed by atoms with van der Waals surface area (Å²) in [6, 6.07) is 11.5. The van der Waals surface area contributed by atoms with E-state index in [-0.39, 0.29) is 11.9 Å². The maximum Gasteiger partial charge on any atom is 0.123 e. The third-order valence-corrected chi connectivity index (χ3v) is 3.77. The topological polar surface area (TPSA) is 24.9 Å². The molecule has 2 atom stereocenters. The lowest BCUT2D eigenvalue weighted by atomic mass is 10.1. The SMILES string of the molecule is C[C@@H](NC1CCc2cc(F)ccc21)c1ccccn1. The van der Waals surface area contributed by atoms with Crippen molar-refractivity contribution in [1.82, 2.24) is 10.3 Å². The van der Waals surface area contributed by atoms with Crippen LogP contribution in [0.4, 0.5) is 4.39 Å². The van der Waals surface area contributed by atoms with Gasteiger partial charge in [0.15, 0.2) is 0 Å². The van der Waals surface area contributed by atoms with Gasteiger partial charge in [-0.3, -0.25) is 4.98 Å². The second kappa shape index (κ2) is 5.10. The fraction of sp³-hybridized carbons (Fsp3) is 0.312. The van der Waals surface area contributed by atoms with Crippen molar-refractivity contribution < 1.29 is 4.39 Å². The first-order valence-corrected chi connectivity index (χ1v) is 6.69. The molecule has 1 aromatic carbocycles.